The maximum atomic E-state index is 13.1. The molecular formula is C23H26BrN3O3. The van der Waals surface area contributed by atoms with Crippen LogP contribution in [-0.4, -0.2) is 48.0 Å². The van der Waals surface area contributed by atoms with Crippen molar-refractivity contribution in [2.24, 2.45) is 5.92 Å². The third-order valence-electron chi connectivity index (χ3n) is 5.92. The van der Waals surface area contributed by atoms with E-state index < -0.39 is 0 Å². The number of hydrogen-bond acceptors (Lipinski definition) is 4. The molecule has 158 valence electrons. The molecule has 0 aromatic heterocycles. The fraction of sp³-hybridized carbons (Fsp3) is 0.391. The van der Waals surface area contributed by atoms with Crippen molar-refractivity contribution in [3.63, 3.8) is 0 Å². The van der Waals surface area contributed by atoms with Gasteiger partial charge in [0.15, 0.2) is 0 Å². The summed E-state index contributed by atoms with van der Waals surface area (Å²) >= 11 is 3.55. The van der Waals surface area contributed by atoms with E-state index in [1.165, 1.54) is 12.8 Å². The van der Waals surface area contributed by atoms with Gasteiger partial charge in [-0.2, -0.15) is 0 Å². The minimum atomic E-state index is -0.170. The molecule has 2 aromatic carbocycles. The highest BCUT2D eigenvalue weighted by Gasteiger charge is 2.28. The number of nitrogens with one attached hydrogen (secondary N) is 1. The number of anilines is 2. The number of phenols is 1. The second-order valence-electron chi connectivity index (χ2n) is 7.97. The number of nitrogens with zero attached hydrogens (tertiary/aromatic N) is 2. The number of phenolic OH excluding ortho intramolecular Hbond substituents is 1. The maximum absolute atomic E-state index is 13.1. The molecule has 30 heavy (non-hydrogen) atoms. The van der Waals surface area contributed by atoms with Crippen molar-refractivity contribution in [2.75, 3.05) is 36.4 Å². The number of carbonyl (C=O) groups excluding carboxylic acids is 2. The molecule has 2 aromatic rings. The number of carbonyl (C=O) groups is 2. The van der Waals surface area contributed by atoms with Crippen molar-refractivity contribution in [3.8, 4) is 5.75 Å². The third kappa shape index (κ3) is 4.61. The molecule has 0 radical (unpaired) electrons. The van der Waals surface area contributed by atoms with Crippen LogP contribution >= 0.6 is 15.9 Å². The molecule has 2 fully saturated rings. The van der Waals surface area contributed by atoms with E-state index in [-0.39, 0.29) is 23.5 Å². The molecule has 2 amide bonds. The Balaban J connectivity index is 1.37. The van der Waals surface area contributed by atoms with Crippen LogP contribution in [-0.2, 0) is 4.79 Å². The van der Waals surface area contributed by atoms with Crippen LogP contribution in [0.3, 0.4) is 0 Å². The van der Waals surface area contributed by atoms with Gasteiger partial charge in [0.2, 0.25) is 5.91 Å². The van der Waals surface area contributed by atoms with Gasteiger partial charge in [0.25, 0.3) is 5.91 Å². The van der Waals surface area contributed by atoms with Gasteiger partial charge in [0.05, 0.1) is 5.69 Å². The molecule has 0 atom stereocenters. The van der Waals surface area contributed by atoms with Crippen molar-refractivity contribution < 1.29 is 14.7 Å². The smallest absolute Gasteiger partial charge is 0.253 e. The van der Waals surface area contributed by atoms with Crippen LogP contribution in [0, 0.1) is 5.92 Å². The van der Waals surface area contributed by atoms with Gasteiger partial charge in [0, 0.05) is 47.8 Å². The Morgan fingerprint density at radius 2 is 1.70 bits per heavy atom. The summed E-state index contributed by atoms with van der Waals surface area (Å²) in [7, 11) is 0. The van der Waals surface area contributed by atoms with E-state index in [0.29, 0.717) is 37.2 Å². The van der Waals surface area contributed by atoms with Crippen LogP contribution in [0.2, 0.25) is 0 Å². The summed E-state index contributed by atoms with van der Waals surface area (Å²) in [5, 5.41) is 12.6. The van der Waals surface area contributed by atoms with E-state index in [1.54, 1.807) is 24.3 Å². The second-order valence-corrected chi connectivity index (χ2v) is 8.88. The first-order valence-corrected chi connectivity index (χ1v) is 11.2. The third-order valence-corrected chi connectivity index (χ3v) is 6.37. The van der Waals surface area contributed by atoms with Gasteiger partial charge < -0.3 is 20.2 Å². The number of aromatic hydroxyl groups is 1. The predicted octanol–water partition coefficient (Wildman–Crippen LogP) is 4.25. The average molecular weight is 472 g/mol. The zero-order valence-electron chi connectivity index (χ0n) is 16.8. The number of amides is 2. The van der Waals surface area contributed by atoms with Crippen molar-refractivity contribution in [1.29, 1.82) is 0 Å². The van der Waals surface area contributed by atoms with Gasteiger partial charge in [-0.3, -0.25) is 9.59 Å². The summed E-state index contributed by atoms with van der Waals surface area (Å²) in [6.45, 7) is 3.15. The number of likely N-dealkylation sites (tertiary alicyclic amines) is 1. The largest absolute Gasteiger partial charge is 0.506 e. The van der Waals surface area contributed by atoms with Gasteiger partial charge in [-0.05, 0) is 56.0 Å². The first kappa shape index (κ1) is 20.7. The average Bonchev–Trinajstić information content (AvgIpc) is 3.29. The molecule has 0 bridgehead atoms. The Kier molecular flexibility index (Phi) is 6.27. The van der Waals surface area contributed by atoms with E-state index in [0.717, 1.165) is 23.2 Å². The van der Waals surface area contributed by atoms with Crippen LogP contribution in [0.4, 0.5) is 11.4 Å². The number of rotatable bonds is 4. The van der Waals surface area contributed by atoms with Crippen LogP contribution in [0.15, 0.2) is 46.9 Å². The maximum Gasteiger partial charge on any atom is 0.253 e. The number of halogens is 1. The minimum absolute atomic E-state index is 0.0105. The zero-order valence-corrected chi connectivity index (χ0v) is 18.4. The van der Waals surface area contributed by atoms with E-state index in [4.69, 9.17) is 0 Å². The Morgan fingerprint density at radius 3 is 2.40 bits per heavy atom. The van der Waals surface area contributed by atoms with Crippen molar-refractivity contribution >= 4 is 39.1 Å². The van der Waals surface area contributed by atoms with Gasteiger partial charge >= 0.3 is 0 Å². The summed E-state index contributed by atoms with van der Waals surface area (Å²) < 4.78 is 0.909. The molecule has 2 N–H and O–H groups in total. The Labute approximate surface area is 185 Å². The number of para-hydroxylation sites is 2. The lowest BCUT2D eigenvalue weighted by molar-refractivity contribution is -0.121. The second kappa shape index (κ2) is 9.08. The van der Waals surface area contributed by atoms with Crippen molar-refractivity contribution in [1.82, 2.24) is 4.90 Å². The number of benzene rings is 2. The highest BCUT2D eigenvalue weighted by molar-refractivity contribution is 9.10. The minimum Gasteiger partial charge on any atom is -0.506 e. The topological polar surface area (TPSA) is 72.9 Å². The van der Waals surface area contributed by atoms with E-state index >= 15 is 0 Å². The fourth-order valence-corrected chi connectivity index (χ4v) is 4.68. The first-order chi connectivity index (χ1) is 14.5. The molecule has 4 rings (SSSR count). The van der Waals surface area contributed by atoms with Crippen molar-refractivity contribution in [2.45, 2.75) is 25.7 Å². The van der Waals surface area contributed by atoms with Crippen LogP contribution < -0.4 is 10.2 Å². The van der Waals surface area contributed by atoms with E-state index in [2.05, 4.69) is 32.2 Å². The first-order valence-electron chi connectivity index (χ1n) is 10.4. The Bertz CT molecular complexity index is 935. The quantitative estimate of drug-likeness (QED) is 0.653. The summed E-state index contributed by atoms with van der Waals surface area (Å²) in [6.07, 6.45) is 3.59. The highest BCUT2D eigenvalue weighted by Crippen LogP contribution is 2.28. The molecule has 2 aliphatic heterocycles. The van der Waals surface area contributed by atoms with Crippen LogP contribution in [0.1, 0.15) is 36.0 Å². The summed E-state index contributed by atoms with van der Waals surface area (Å²) in [6, 6.07) is 12.6. The molecule has 7 heteroatoms. The Morgan fingerprint density at radius 1 is 1.00 bits per heavy atom. The molecule has 2 saturated heterocycles. The van der Waals surface area contributed by atoms with Gasteiger partial charge in [-0.25, -0.2) is 0 Å². The van der Waals surface area contributed by atoms with Gasteiger partial charge in [0.1, 0.15) is 5.75 Å². The monoisotopic (exact) mass is 471 g/mol. The molecule has 0 unspecified atom stereocenters. The van der Waals surface area contributed by atoms with Crippen molar-refractivity contribution in [3.05, 3.63) is 52.5 Å². The van der Waals surface area contributed by atoms with Gasteiger partial charge in [-0.1, -0.05) is 28.1 Å². The standard InChI is InChI=1S/C23H26BrN3O3/c24-18-13-17(14-19(15-18)26-9-3-4-10-26)23(30)27-11-7-16(8-12-27)22(29)25-20-5-1-2-6-21(20)28/h1-2,5-6,13-16,28H,3-4,7-12H2,(H,25,29). The lowest BCUT2D eigenvalue weighted by Gasteiger charge is -2.31. The van der Waals surface area contributed by atoms with Gasteiger partial charge in [-0.15, -0.1) is 0 Å². The molecule has 0 saturated carbocycles. The summed E-state index contributed by atoms with van der Waals surface area (Å²) in [4.78, 5) is 29.8. The SMILES string of the molecule is O=C(Nc1ccccc1O)C1CCN(C(=O)c2cc(Br)cc(N3CCCC3)c2)CC1. The fourth-order valence-electron chi connectivity index (χ4n) is 4.20. The molecule has 0 spiro atoms. The van der Waals surface area contributed by atoms with E-state index in [9.17, 15) is 14.7 Å². The molecule has 6 nitrogen and oxygen atoms in total. The summed E-state index contributed by atoms with van der Waals surface area (Å²) in [5.41, 5.74) is 2.19. The highest BCUT2D eigenvalue weighted by atomic mass is 79.9. The molecule has 2 heterocycles. The number of hydrogen-bond donors (Lipinski definition) is 2. The summed E-state index contributed by atoms with van der Waals surface area (Å²) in [5.74, 6) is -0.211. The lowest BCUT2D eigenvalue weighted by Crippen LogP contribution is -2.41. The molecule has 0 aliphatic carbocycles. The molecule has 2 aliphatic rings. The van der Waals surface area contributed by atoms with Crippen LogP contribution in [0.5, 0.6) is 5.75 Å². The van der Waals surface area contributed by atoms with E-state index in [1.807, 2.05) is 17.0 Å². The van der Waals surface area contributed by atoms with Crippen LogP contribution in [0.25, 0.3) is 0 Å². The predicted molar refractivity (Wildman–Crippen MR) is 121 cm³/mol. The molecular weight excluding hydrogens is 446 g/mol. The number of piperidine rings is 1. The Hall–Kier alpha value is -2.54. The lowest BCUT2D eigenvalue weighted by atomic mass is 9.95. The zero-order chi connectivity index (χ0) is 21.1. The normalized spacial score (nSPS) is 17.2.